The van der Waals surface area contributed by atoms with Gasteiger partial charge in [-0.1, -0.05) is 0 Å². The third kappa shape index (κ3) is 4.64. The van der Waals surface area contributed by atoms with Crippen LogP contribution in [0.15, 0.2) is 30.7 Å². The van der Waals surface area contributed by atoms with Crippen molar-refractivity contribution in [3.63, 3.8) is 0 Å². The molecule has 3 rings (SSSR count). The first kappa shape index (κ1) is 17.6. The van der Waals surface area contributed by atoms with Crippen LogP contribution in [-0.2, 0) is 14.3 Å². The van der Waals surface area contributed by atoms with Gasteiger partial charge in [0.2, 0.25) is 0 Å². The molecule has 1 N–H and O–H groups in total. The van der Waals surface area contributed by atoms with Crippen LogP contribution in [0.1, 0.15) is 32.0 Å². The zero-order valence-corrected chi connectivity index (χ0v) is 14.6. The van der Waals surface area contributed by atoms with Gasteiger partial charge in [-0.05, 0) is 45.2 Å². The Hall–Kier alpha value is -2.25. The van der Waals surface area contributed by atoms with Crippen LogP contribution in [0.5, 0.6) is 0 Å². The van der Waals surface area contributed by atoms with Gasteiger partial charge in [0.15, 0.2) is 0 Å². The number of ether oxygens (including phenoxy) is 2. The molecule has 7 nitrogen and oxygen atoms in total. The third-order valence-electron chi connectivity index (χ3n) is 4.26. The normalized spacial score (nSPS) is 18.7. The van der Waals surface area contributed by atoms with E-state index in [4.69, 9.17) is 9.47 Å². The van der Waals surface area contributed by atoms with Gasteiger partial charge in [-0.25, -0.2) is 9.97 Å². The van der Waals surface area contributed by atoms with Gasteiger partial charge < -0.3 is 14.8 Å². The lowest BCUT2D eigenvalue weighted by Crippen LogP contribution is -2.32. The molecule has 0 aromatic carbocycles. The molecule has 7 heteroatoms. The minimum Gasteiger partial charge on any atom is -0.376 e. The Balaban J connectivity index is 1.51. The summed E-state index contributed by atoms with van der Waals surface area (Å²) in [7, 11) is 0. The third-order valence-corrected chi connectivity index (χ3v) is 4.26. The van der Waals surface area contributed by atoms with E-state index in [9.17, 15) is 4.79 Å². The minimum atomic E-state index is -0.541. The van der Waals surface area contributed by atoms with Crippen LogP contribution in [0.3, 0.4) is 0 Å². The van der Waals surface area contributed by atoms with Crippen LogP contribution in [0.2, 0.25) is 0 Å². The van der Waals surface area contributed by atoms with E-state index in [1.54, 1.807) is 19.3 Å². The Bertz CT molecular complexity index is 693. The fourth-order valence-electron chi connectivity index (χ4n) is 2.73. The number of carbonyl (C=O) groups is 1. The molecule has 134 valence electrons. The Morgan fingerprint density at radius 1 is 1.44 bits per heavy atom. The summed E-state index contributed by atoms with van der Waals surface area (Å²) < 4.78 is 13.1. The summed E-state index contributed by atoms with van der Waals surface area (Å²) in [5.41, 5.74) is 0.635. The number of hydrogen-bond acceptors (Lipinski definition) is 5. The van der Waals surface area contributed by atoms with Crippen molar-refractivity contribution in [3.8, 4) is 5.82 Å². The monoisotopic (exact) mass is 344 g/mol. The molecule has 0 bridgehead atoms. The molecule has 1 fully saturated rings. The highest BCUT2D eigenvalue weighted by Crippen LogP contribution is 2.15. The highest BCUT2D eigenvalue weighted by molar-refractivity contribution is 5.93. The Kier molecular flexibility index (Phi) is 5.78. The Morgan fingerprint density at radius 3 is 2.96 bits per heavy atom. The molecule has 2 atom stereocenters. The van der Waals surface area contributed by atoms with E-state index < -0.39 is 6.10 Å². The first-order chi connectivity index (χ1) is 12.1. The number of aromatic nitrogens is 3. The molecule has 2 aromatic rings. The maximum absolute atomic E-state index is 12.2. The topological polar surface area (TPSA) is 78.3 Å². The van der Waals surface area contributed by atoms with E-state index in [0.717, 1.165) is 37.5 Å². The Labute approximate surface area is 147 Å². The molecule has 2 aromatic heterocycles. The lowest BCUT2D eigenvalue weighted by atomic mass is 10.1. The molecule has 25 heavy (non-hydrogen) atoms. The van der Waals surface area contributed by atoms with Crippen molar-refractivity contribution in [2.75, 3.05) is 18.5 Å². The standard InChI is InChI=1S/C18H24N4O3/c1-13(25-12-16-5-3-4-10-24-16)18(23)21-15-6-7-17(20-11-15)22-9-8-19-14(22)2/h6-9,11,13,16H,3-5,10,12H2,1-2H3,(H,21,23)/t13-,16-/m1/s1. The fraction of sp³-hybridized carbons (Fsp3) is 0.500. The molecular formula is C18H24N4O3. The van der Waals surface area contributed by atoms with Gasteiger partial charge in [0.25, 0.3) is 5.91 Å². The van der Waals surface area contributed by atoms with Gasteiger partial charge in [0.05, 0.1) is 24.6 Å². The summed E-state index contributed by atoms with van der Waals surface area (Å²) in [6.45, 7) is 4.88. The lowest BCUT2D eigenvalue weighted by molar-refractivity contribution is -0.130. The SMILES string of the molecule is Cc1nccn1-c1ccc(NC(=O)[C@@H](C)OC[C@H]2CCCCO2)cn1. The number of carbonyl (C=O) groups excluding carboxylic acids is 1. The van der Waals surface area contributed by atoms with E-state index in [1.165, 1.54) is 0 Å². The first-order valence-corrected chi connectivity index (χ1v) is 8.64. The molecule has 0 spiro atoms. The zero-order valence-electron chi connectivity index (χ0n) is 14.6. The van der Waals surface area contributed by atoms with E-state index in [2.05, 4.69) is 15.3 Å². The van der Waals surface area contributed by atoms with Crippen LogP contribution < -0.4 is 5.32 Å². The quantitative estimate of drug-likeness (QED) is 0.871. The molecular weight excluding hydrogens is 320 g/mol. The van der Waals surface area contributed by atoms with Crippen LogP contribution >= 0.6 is 0 Å². The summed E-state index contributed by atoms with van der Waals surface area (Å²) >= 11 is 0. The molecule has 0 saturated carbocycles. The highest BCUT2D eigenvalue weighted by atomic mass is 16.5. The number of rotatable bonds is 6. The number of aryl methyl sites for hydroxylation is 1. The smallest absolute Gasteiger partial charge is 0.253 e. The van der Waals surface area contributed by atoms with Crippen molar-refractivity contribution in [3.05, 3.63) is 36.5 Å². The van der Waals surface area contributed by atoms with Crippen molar-refractivity contribution >= 4 is 11.6 Å². The Morgan fingerprint density at radius 2 is 2.32 bits per heavy atom. The molecule has 1 amide bonds. The van der Waals surface area contributed by atoms with Crippen molar-refractivity contribution in [2.45, 2.75) is 45.3 Å². The zero-order chi connectivity index (χ0) is 17.6. The van der Waals surface area contributed by atoms with E-state index in [0.29, 0.717) is 12.3 Å². The summed E-state index contributed by atoms with van der Waals surface area (Å²) in [6, 6.07) is 3.66. The predicted octanol–water partition coefficient (Wildman–Crippen LogP) is 2.49. The molecule has 0 unspecified atom stereocenters. The maximum Gasteiger partial charge on any atom is 0.253 e. The number of pyridine rings is 1. The number of nitrogens with zero attached hydrogens (tertiary/aromatic N) is 3. The number of amides is 1. The van der Waals surface area contributed by atoms with Crippen LogP contribution in [-0.4, -0.2) is 45.9 Å². The van der Waals surface area contributed by atoms with Gasteiger partial charge in [-0.15, -0.1) is 0 Å². The van der Waals surface area contributed by atoms with Crippen molar-refractivity contribution in [1.29, 1.82) is 0 Å². The largest absolute Gasteiger partial charge is 0.376 e. The van der Waals surface area contributed by atoms with Crippen molar-refractivity contribution < 1.29 is 14.3 Å². The maximum atomic E-state index is 12.2. The minimum absolute atomic E-state index is 0.100. The van der Waals surface area contributed by atoms with Gasteiger partial charge >= 0.3 is 0 Å². The predicted molar refractivity (Wildman–Crippen MR) is 93.7 cm³/mol. The molecule has 0 radical (unpaired) electrons. The van der Waals surface area contributed by atoms with Crippen LogP contribution in [0.25, 0.3) is 5.82 Å². The molecule has 1 aliphatic heterocycles. The second kappa shape index (κ2) is 8.22. The second-order valence-corrected chi connectivity index (χ2v) is 6.20. The molecule has 1 aliphatic rings. The van der Waals surface area contributed by atoms with Gasteiger partial charge in [0, 0.05) is 19.0 Å². The average Bonchev–Trinajstić information content (AvgIpc) is 3.07. The summed E-state index contributed by atoms with van der Waals surface area (Å²) in [5.74, 6) is 1.42. The summed E-state index contributed by atoms with van der Waals surface area (Å²) in [5, 5.41) is 2.82. The van der Waals surface area contributed by atoms with E-state index in [-0.39, 0.29) is 12.0 Å². The molecule has 0 aliphatic carbocycles. The van der Waals surface area contributed by atoms with Crippen LogP contribution in [0, 0.1) is 6.92 Å². The van der Waals surface area contributed by atoms with E-state index in [1.807, 2.05) is 29.8 Å². The molecule has 3 heterocycles. The highest BCUT2D eigenvalue weighted by Gasteiger charge is 2.19. The number of imidazole rings is 1. The van der Waals surface area contributed by atoms with Gasteiger partial charge in [0.1, 0.15) is 17.7 Å². The first-order valence-electron chi connectivity index (χ1n) is 8.64. The van der Waals surface area contributed by atoms with Crippen molar-refractivity contribution in [1.82, 2.24) is 14.5 Å². The summed E-state index contributed by atoms with van der Waals surface area (Å²) in [6.07, 6.45) is 8.01. The van der Waals surface area contributed by atoms with Crippen LogP contribution in [0.4, 0.5) is 5.69 Å². The second-order valence-electron chi connectivity index (χ2n) is 6.20. The summed E-state index contributed by atoms with van der Waals surface area (Å²) in [4.78, 5) is 20.8. The fourth-order valence-corrected chi connectivity index (χ4v) is 2.73. The van der Waals surface area contributed by atoms with Gasteiger partial charge in [-0.2, -0.15) is 0 Å². The van der Waals surface area contributed by atoms with Gasteiger partial charge in [-0.3, -0.25) is 9.36 Å². The van der Waals surface area contributed by atoms with Crippen molar-refractivity contribution in [2.24, 2.45) is 0 Å². The number of hydrogen-bond donors (Lipinski definition) is 1. The molecule has 1 saturated heterocycles. The number of anilines is 1. The average molecular weight is 344 g/mol. The number of nitrogens with one attached hydrogen (secondary N) is 1. The lowest BCUT2D eigenvalue weighted by Gasteiger charge is -2.23. The van der Waals surface area contributed by atoms with E-state index >= 15 is 0 Å².